The molecule has 0 radical (unpaired) electrons. The molecule has 0 unspecified atom stereocenters. The van der Waals surface area contributed by atoms with Gasteiger partial charge in [-0.3, -0.25) is 4.79 Å². The van der Waals surface area contributed by atoms with Crippen molar-refractivity contribution in [3.8, 4) is 5.75 Å². The van der Waals surface area contributed by atoms with Crippen LogP contribution in [0.15, 0.2) is 16.5 Å². The first-order valence-electron chi connectivity index (χ1n) is 9.87. The van der Waals surface area contributed by atoms with Gasteiger partial charge in [0.05, 0.1) is 5.69 Å². The number of rotatable bonds is 4. The summed E-state index contributed by atoms with van der Waals surface area (Å²) in [7, 11) is -1.98. The van der Waals surface area contributed by atoms with Crippen molar-refractivity contribution in [3.63, 3.8) is 0 Å². The molecule has 6 heteroatoms. The van der Waals surface area contributed by atoms with E-state index in [1.54, 1.807) is 6.92 Å². The maximum absolute atomic E-state index is 11.6. The summed E-state index contributed by atoms with van der Waals surface area (Å²) in [4.78, 5) is 16.3. The maximum Gasteiger partial charge on any atom is 0.250 e. The lowest BCUT2D eigenvalue weighted by molar-refractivity contribution is -0.121. The number of Topliss-reactive ketones (excluding diaryl/α,β-unsaturated/α-hetero) is 1. The van der Waals surface area contributed by atoms with Crippen LogP contribution in [0.1, 0.15) is 65.2 Å². The molecule has 1 saturated carbocycles. The van der Waals surface area contributed by atoms with Gasteiger partial charge in [-0.2, -0.15) is 0 Å². The topological polar surface area (TPSA) is 78.3 Å². The Labute approximate surface area is 162 Å². The Morgan fingerprint density at radius 1 is 1.22 bits per heavy atom. The molecule has 0 bridgehead atoms. The fourth-order valence-corrected chi connectivity index (χ4v) is 4.46. The van der Waals surface area contributed by atoms with E-state index in [1.807, 2.05) is 12.1 Å². The predicted molar refractivity (Wildman–Crippen MR) is 112 cm³/mol. The number of benzene rings is 1. The second-order valence-corrected chi connectivity index (χ2v) is 14.2. The highest BCUT2D eigenvalue weighted by atomic mass is 28.4. The first-order valence-corrected chi connectivity index (χ1v) is 12.8. The number of fused-ring (bicyclic) bond motifs is 1. The predicted octanol–water partition coefficient (Wildman–Crippen LogP) is 5.66. The van der Waals surface area contributed by atoms with Crippen molar-refractivity contribution >= 4 is 30.9 Å². The SMILES string of the molecule is CC(=O)[C@H]1CC[C@H](c2nc3cc(O[Si](C)(C)C(C)(C)C)c(N)cc3o2)CC1. The van der Waals surface area contributed by atoms with Gasteiger partial charge in [0.15, 0.2) is 11.5 Å². The minimum absolute atomic E-state index is 0.0960. The van der Waals surface area contributed by atoms with Crippen LogP contribution >= 0.6 is 0 Å². The summed E-state index contributed by atoms with van der Waals surface area (Å²) in [5, 5.41) is 0.0960. The third-order valence-electron chi connectivity index (χ3n) is 6.36. The molecular weight excluding hydrogens is 356 g/mol. The summed E-state index contributed by atoms with van der Waals surface area (Å²) < 4.78 is 12.4. The smallest absolute Gasteiger partial charge is 0.250 e. The van der Waals surface area contributed by atoms with Gasteiger partial charge in [0.1, 0.15) is 17.0 Å². The summed E-state index contributed by atoms with van der Waals surface area (Å²) in [6, 6.07) is 3.74. The third-order valence-corrected chi connectivity index (χ3v) is 10.7. The van der Waals surface area contributed by atoms with Crippen molar-refractivity contribution in [2.75, 3.05) is 5.73 Å². The van der Waals surface area contributed by atoms with Gasteiger partial charge in [-0.1, -0.05) is 20.8 Å². The van der Waals surface area contributed by atoms with Gasteiger partial charge in [0.2, 0.25) is 0 Å². The molecule has 1 aliphatic rings. The Morgan fingerprint density at radius 3 is 2.41 bits per heavy atom. The molecular formula is C21H32N2O3Si. The minimum atomic E-state index is -1.98. The molecule has 0 spiro atoms. The highest BCUT2D eigenvalue weighted by Crippen LogP contribution is 2.41. The van der Waals surface area contributed by atoms with Crippen molar-refractivity contribution in [2.45, 2.75) is 77.4 Å². The van der Waals surface area contributed by atoms with E-state index in [0.29, 0.717) is 22.8 Å². The van der Waals surface area contributed by atoms with Gasteiger partial charge in [-0.25, -0.2) is 4.98 Å². The summed E-state index contributed by atoms with van der Waals surface area (Å²) in [6.07, 6.45) is 3.72. The van der Waals surface area contributed by atoms with Crippen molar-refractivity contribution in [1.29, 1.82) is 0 Å². The number of hydrogen-bond donors (Lipinski definition) is 1. The molecule has 148 valence electrons. The van der Waals surface area contributed by atoms with E-state index in [9.17, 15) is 4.79 Å². The van der Waals surface area contributed by atoms with E-state index >= 15 is 0 Å². The normalized spacial score (nSPS) is 21.4. The Hall–Kier alpha value is -1.82. The number of carbonyl (C=O) groups excluding carboxylic acids is 1. The number of hydrogen-bond acceptors (Lipinski definition) is 5. The van der Waals surface area contributed by atoms with Crippen molar-refractivity contribution < 1.29 is 13.6 Å². The van der Waals surface area contributed by atoms with Crippen molar-refractivity contribution in [3.05, 3.63) is 18.0 Å². The number of nitrogen functional groups attached to an aromatic ring is 1. The first-order chi connectivity index (χ1) is 12.5. The number of anilines is 1. The molecule has 0 atom stereocenters. The minimum Gasteiger partial charge on any atom is -0.542 e. The summed E-state index contributed by atoms with van der Waals surface area (Å²) >= 11 is 0. The highest BCUT2D eigenvalue weighted by Gasteiger charge is 2.39. The maximum atomic E-state index is 11.6. The Bertz CT molecular complexity index is 843. The number of nitrogens with two attached hydrogens (primary N) is 1. The van der Waals surface area contributed by atoms with E-state index in [-0.39, 0.29) is 16.9 Å². The zero-order chi connectivity index (χ0) is 20.0. The van der Waals surface area contributed by atoms with Gasteiger partial charge < -0.3 is 14.6 Å². The molecule has 3 rings (SSSR count). The van der Waals surface area contributed by atoms with Gasteiger partial charge >= 0.3 is 0 Å². The van der Waals surface area contributed by atoms with Crippen LogP contribution in [-0.4, -0.2) is 19.1 Å². The lowest BCUT2D eigenvalue weighted by Gasteiger charge is -2.36. The van der Waals surface area contributed by atoms with E-state index in [0.717, 1.165) is 37.1 Å². The average Bonchev–Trinajstić information content (AvgIpc) is 2.96. The number of aromatic nitrogens is 1. The zero-order valence-corrected chi connectivity index (χ0v) is 18.4. The fraction of sp³-hybridized carbons (Fsp3) is 0.619. The van der Waals surface area contributed by atoms with Crippen LogP contribution in [0.5, 0.6) is 5.75 Å². The fourth-order valence-electron chi connectivity index (χ4n) is 3.43. The highest BCUT2D eigenvalue weighted by molar-refractivity contribution is 6.74. The van der Waals surface area contributed by atoms with Crippen LogP contribution in [0.2, 0.25) is 18.1 Å². The molecule has 27 heavy (non-hydrogen) atoms. The average molecular weight is 389 g/mol. The molecule has 2 aromatic rings. The van der Waals surface area contributed by atoms with Crippen LogP contribution in [0.3, 0.4) is 0 Å². The third kappa shape index (κ3) is 4.05. The van der Waals surface area contributed by atoms with Crippen LogP contribution in [0, 0.1) is 5.92 Å². The van der Waals surface area contributed by atoms with Crippen molar-refractivity contribution in [2.24, 2.45) is 5.92 Å². The van der Waals surface area contributed by atoms with E-state index in [2.05, 4.69) is 33.9 Å². The lowest BCUT2D eigenvalue weighted by Crippen LogP contribution is -2.44. The monoisotopic (exact) mass is 388 g/mol. The van der Waals surface area contributed by atoms with Gasteiger partial charge in [0.25, 0.3) is 8.32 Å². The van der Waals surface area contributed by atoms with Gasteiger partial charge in [0, 0.05) is 24.0 Å². The number of nitrogens with zero attached hydrogens (tertiary/aromatic N) is 1. The lowest BCUT2D eigenvalue weighted by atomic mass is 9.80. The van der Waals surface area contributed by atoms with Gasteiger partial charge in [-0.15, -0.1) is 0 Å². The second kappa shape index (κ2) is 6.97. The van der Waals surface area contributed by atoms with E-state index in [1.165, 1.54) is 0 Å². The molecule has 0 amide bonds. The van der Waals surface area contributed by atoms with Crippen LogP contribution < -0.4 is 10.2 Å². The number of ketones is 1. The van der Waals surface area contributed by atoms with Crippen LogP contribution in [0.25, 0.3) is 11.1 Å². The van der Waals surface area contributed by atoms with Crippen LogP contribution in [0.4, 0.5) is 5.69 Å². The standard InChI is InChI=1S/C21H32N2O3Si/c1-13(24)14-7-9-15(10-8-14)20-23-17-12-18(16(22)11-19(17)25-20)26-27(5,6)21(2,3)4/h11-12,14-15H,7-10,22H2,1-6H3/t14-,15-. The zero-order valence-electron chi connectivity index (χ0n) is 17.4. The second-order valence-electron chi connectivity index (χ2n) is 9.43. The molecule has 2 N–H and O–H groups in total. The number of oxazole rings is 1. The molecule has 1 fully saturated rings. The van der Waals surface area contributed by atoms with Crippen LogP contribution in [-0.2, 0) is 4.79 Å². The Morgan fingerprint density at radius 2 is 1.85 bits per heavy atom. The van der Waals surface area contributed by atoms with E-state index < -0.39 is 8.32 Å². The quantitative estimate of drug-likeness (QED) is 0.540. The molecule has 1 aliphatic carbocycles. The molecule has 1 aromatic heterocycles. The summed E-state index contributed by atoms with van der Waals surface area (Å²) in [6.45, 7) is 12.7. The summed E-state index contributed by atoms with van der Waals surface area (Å²) in [5.41, 5.74) is 8.34. The molecule has 1 aromatic carbocycles. The Balaban J connectivity index is 1.83. The van der Waals surface area contributed by atoms with E-state index in [4.69, 9.17) is 19.6 Å². The Kier molecular flexibility index (Phi) is 5.14. The molecule has 1 heterocycles. The first kappa shape index (κ1) is 19.9. The van der Waals surface area contributed by atoms with Gasteiger partial charge in [-0.05, 0) is 50.7 Å². The molecule has 5 nitrogen and oxygen atoms in total. The number of carbonyl (C=O) groups is 1. The summed E-state index contributed by atoms with van der Waals surface area (Å²) in [5.74, 6) is 2.24. The molecule has 0 saturated heterocycles. The van der Waals surface area contributed by atoms with Crippen molar-refractivity contribution in [1.82, 2.24) is 4.98 Å². The molecule has 0 aliphatic heterocycles. The largest absolute Gasteiger partial charge is 0.542 e.